The number of nitro benzene ring substituents is 1. The second kappa shape index (κ2) is 6.43. The Morgan fingerprint density at radius 2 is 1.55 bits per heavy atom. The summed E-state index contributed by atoms with van der Waals surface area (Å²) >= 11 is 0. The topological polar surface area (TPSA) is 124 Å². The Labute approximate surface area is 162 Å². The number of imide groups is 1. The van der Waals surface area contributed by atoms with Gasteiger partial charge in [-0.1, -0.05) is 24.3 Å². The molecular formula is C18H9FN2O7S. The SMILES string of the molecule is O=C1c2cccc3cccc(c23)C(=O)N1OS(=O)(=O)c1ccc(F)c([N+](=O)[O-])c1. The molecule has 0 bridgehead atoms. The Balaban J connectivity index is 1.77. The number of benzene rings is 3. The minimum atomic E-state index is -4.86. The zero-order valence-electron chi connectivity index (χ0n) is 14.2. The van der Waals surface area contributed by atoms with Gasteiger partial charge < -0.3 is 0 Å². The molecule has 0 fully saturated rings. The summed E-state index contributed by atoms with van der Waals surface area (Å²) in [6.07, 6.45) is 0. The third-order valence-corrected chi connectivity index (χ3v) is 5.49. The van der Waals surface area contributed by atoms with Crippen LogP contribution in [0.2, 0.25) is 0 Å². The van der Waals surface area contributed by atoms with Crippen molar-refractivity contribution in [2.24, 2.45) is 0 Å². The molecule has 11 heteroatoms. The predicted molar refractivity (Wildman–Crippen MR) is 95.8 cm³/mol. The average Bonchev–Trinajstić information content (AvgIpc) is 2.69. The lowest BCUT2D eigenvalue weighted by atomic mass is 9.95. The number of hydrogen-bond acceptors (Lipinski definition) is 7. The Morgan fingerprint density at radius 1 is 0.966 bits per heavy atom. The van der Waals surface area contributed by atoms with Crippen LogP contribution >= 0.6 is 0 Å². The fraction of sp³-hybridized carbons (Fsp3) is 0. The van der Waals surface area contributed by atoms with E-state index in [1.807, 2.05) is 0 Å². The van der Waals surface area contributed by atoms with E-state index in [9.17, 15) is 32.5 Å². The molecule has 0 saturated carbocycles. The molecule has 1 heterocycles. The van der Waals surface area contributed by atoms with Gasteiger partial charge in [-0.3, -0.25) is 19.7 Å². The maximum Gasteiger partial charge on any atom is 0.318 e. The van der Waals surface area contributed by atoms with Gasteiger partial charge in [-0.15, -0.1) is 9.35 Å². The molecule has 1 aliphatic heterocycles. The highest BCUT2D eigenvalue weighted by Crippen LogP contribution is 2.31. The van der Waals surface area contributed by atoms with Crippen LogP contribution in [0, 0.1) is 15.9 Å². The Kier molecular flexibility index (Phi) is 4.14. The number of halogens is 1. The molecule has 3 aromatic rings. The van der Waals surface area contributed by atoms with Crippen LogP contribution < -0.4 is 0 Å². The highest BCUT2D eigenvalue weighted by atomic mass is 32.2. The van der Waals surface area contributed by atoms with Crippen molar-refractivity contribution in [3.8, 4) is 0 Å². The quantitative estimate of drug-likeness (QED) is 0.364. The molecule has 29 heavy (non-hydrogen) atoms. The fourth-order valence-electron chi connectivity index (χ4n) is 3.01. The summed E-state index contributed by atoms with van der Waals surface area (Å²) < 4.78 is 43.2. The van der Waals surface area contributed by atoms with Gasteiger partial charge in [0.25, 0.3) is 11.8 Å². The van der Waals surface area contributed by atoms with Crippen molar-refractivity contribution in [3.63, 3.8) is 0 Å². The average molecular weight is 416 g/mol. The molecule has 0 saturated heterocycles. The van der Waals surface area contributed by atoms with Crippen molar-refractivity contribution in [2.75, 3.05) is 0 Å². The van der Waals surface area contributed by atoms with E-state index in [1.165, 1.54) is 12.1 Å². The van der Waals surface area contributed by atoms with Gasteiger partial charge in [0.1, 0.15) is 4.90 Å². The van der Waals surface area contributed by atoms with Crippen LogP contribution in [0.4, 0.5) is 10.1 Å². The smallest absolute Gasteiger partial charge is 0.266 e. The van der Waals surface area contributed by atoms with Crippen LogP contribution in [0.15, 0.2) is 59.5 Å². The molecule has 4 rings (SSSR count). The van der Waals surface area contributed by atoms with Crippen LogP contribution in [-0.4, -0.2) is 30.2 Å². The van der Waals surface area contributed by atoms with E-state index in [4.69, 9.17) is 4.28 Å². The summed E-state index contributed by atoms with van der Waals surface area (Å²) in [4.78, 5) is 34.4. The number of nitrogens with zero attached hydrogens (tertiary/aromatic N) is 2. The molecule has 2 amide bonds. The summed E-state index contributed by atoms with van der Waals surface area (Å²) in [5.41, 5.74) is -0.989. The van der Waals surface area contributed by atoms with Gasteiger partial charge in [0, 0.05) is 11.5 Å². The van der Waals surface area contributed by atoms with Gasteiger partial charge in [-0.05, 0) is 29.7 Å². The normalized spacial score (nSPS) is 13.8. The molecule has 0 radical (unpaired) electrons. The van der Waals surface area contributed by atoms with Gasteiger partial charge in [0.15, 0.2) is 0 Å². The van der Waals surface area contributed by atoms with Crippen molar-refractivity contribution >= 4 is 38.4 Å². The number of amides is 2. The van der Waals surface area contributed by atoms with Crippen LogP contribution in [0.25, 0.3) is 10.8 Å². The first-order chi connectivity index (χ1) is 13.7. The molecule has 0 aliphatic carbocycles. The van der Waals surface area contributed by atoms with Gasteiger partial charge in [-0.2, -0.15) is 12.8 Å². The van der Waals surface area contributed by atoms with Gasteiger partial charge >= 0.3 is 15.8 Å². The maximum atomic E-state index is 13.5. The summed E-state index contributed by atoms with van der Waals surface area (Å²) in [6, 6.07) is 11.1. The first-order valence-corrected chi connectivity index (χ1v) is 9.40. The zero-order chi connectivity index (χ0) is 20.9. The molecule has 1 aliphatic rings. The monoisotopic (exact) mass is 416 g/mol. The van der Waals surface area contributed by atoms with E-state index in [2.05, 4.69) is 0 Å². The molecule has 0 spiro atoms. The largest absolute Gasteiger partial charge is 0.318 e. The molecule has 0 aromatic heterocycles. The standard InChI is InChI=1S/C18H9FN2O7S/c19-14-8-7-11(9-15(14)21(24)25)29(26,27)28-20-17(22)12-5-1-3-10-4-2-6-13(16(10)12)18(20)23/h1-9H. The first-order valence-electron chi connectivity index (χ1n) is 8.00. The number of hydroxylamine groups is 2. The minimum absolute atomic E-state index is 0.0537. The number of nitro groups is 1. The second-order valence-corrected chi connectivity index (χ2v) is 7.54. The van der Waals surface area contributed by atoms with Crippen molar-refractivity contribution in [2.45, 2.75) is 4.90 Å². The Hall–Kier alpha value is -3.70. The van der Waals surface area contributed by atoms with Crippen molar-refractivity contribution in [3.05, 3.63) is 81.7 Å². The van der Waals surface area contributed by atoms with Crippen LogP contribution in [0.3, 0.4) is 0 Å². The number of rotatable bonds is 4. The highest BCUT2D eigenvalue weighted by molar-refractivity contribution is 7.86. The maximum absolute atomic E-state index is 13.5. The lowest BCUT2D eigenvalue weighted by Crippen LogP contribution is -2.41. The summed E-state index contributed by atoms with van der Waals surface area (Å²) in [5, 5.41) is 11.9. The van der Waals surface area contributed by atoms with Gasteiger partial charge in [0.2, 0.25) is 5.82 Å². The van der Waals surface area contributed by atoms with E-state index in [0.717, 1.165) is 6.07 Å². The van der Waals surface area contributed by atoms with Crippen molar-refractivity contribution in [1.29, 1.82) is 0 Å². The van der Waals surface area contributed by atoms with E-state index < -0.39 is 43.3 Å². The van der Waals surface area contributed by atoms with E-state index in [0.29, 0.717) is 22.9 Å². The van der Waals surface area contributed by atoms with Crippen LogP contribution in [-0.2, 0) is 14.4 Å². The second-order valence-electron chi connectivity index (χ2n) is 6.01. The van der Waals surface area contributed by atoms with Crippen molar-refractivity contribution < 1.29 is 31.6 Å². The van der Waals surface area contributed by atoms with E-state index in [1.54, 1.807) is 24.3 Å². The summed E-state index contributed by atoms with van der Waals surface area (Å²) in [6.45, 7) is 0. The molecule has 146 valence electrons. The van der Waals surface area contributed by atoms with Crippen LogP contribution in [0.1, 0.15) is 20.7 Å². The molecule has 0 N–H and O–H groups in total. The minimum Gasteiger partial charge on any atom is -0.266 e. The molecular weight excluding hydrogens is 407 g/mol. The lowest BCUT2D eigenvalue weighted by Gasteiger charge is -2.25. The molecule has 0 unspecified atom stereocenters. The summed E-state index contributed by atoms with van der Waals surface area (Å²) in [7, 11) is -4.86. The Morgan fingerprint density at radius 3 is 2.10 bits per heavy atom. The van der Waals surface area contributed by atoms with Gasteiger partial charge in [0.05, 0.1) is 16.1 Å². The molecule has 3 aromatic carbocycles. The van der Waals surface area contributed by atoms with Crippen molar-refractivity contribution in [1.82, 2.24) is 5.06 Å². The molecule has 0 atom stereocenters. The van der Waals surface area contributed by atoms with E-state index >= 15 is 0 Å². The van der Waals surface area contributed by atoms with Gasteiger partial charge in [-0.25, -0.2) is 0 Å². The number of carbonyl (C=O) groups is 2. The third-order valence-electron chi connectivity index (χ3n) is 4.31. The predicted octanol–water partition coefficient (Wildman–Crippen LogP) is 2.80. The fourth-order valence-corrected chi connectivity index (χ4v) is 3.91. The van der Waals surface area contributed by atoms with E-state index in [-0.39, 0.29) is 16.2 Å². The summed E-state index contributed by atoms with van der Waals surface area (Å²) in [5.74, 6) is -3.28. The Bertz CT molecular complexity index is 1290. The highest BCUT2D eigenvalue weighted by Gasteiger charge is 2.38. The lowest BCUT2D eigenvalue weighted by molar-refractivity contribution is -0.387. The number of hydrogen-bond donors (Lipinski definition) is 0. The third kappa shape index (κ3) is 2.92. The molecule has 9 nitrogen and oxygen atoms in total. The zero-order valence-corrected chi connectivity index (χ0v) is 15.1. The number of carbonyl (C=O) groups excluding carboxylic acids is 2. The first kappa shape index (κ1) is 18.7. The van der Waals surface area contributed by atoms with Crippen LogP contribution in [0.5, 0.6) is 0 Å².